The van der Waals surface area contributed by atoms with E-state index in [1.165, 1.54) is 12.1 Å². The van der Waals surface area contributed by atoms with E-state index in [0.29, 0.717) is 12.5 Å². The van der Waals surface area contributed by atoms with Gasteiger partial charge < -0.3 is 9.47 Å². The van der Waals surface area contributed by atoms with Crippen molar-refractivity contribution < 1.29 is 13.2 Å². The summed E-state index contributed by atoms with van der Waals surface area (Å²) in [4.78, 5) is 20.2. The van der Waals surface area contributed by atoms with Crippen LogP contribution >= 0.6 is 0 Å². The molecule has 34 heavy (non-hydrogen) atoms. The van der Waals surface area contributed by atoms with Crippen molar-refractivity contribution in [1.82, 2.24) is 19.2 Å². The summed E-state index contributed by atoms with van der Waals surface area (Å²) < 4.78 is 30.4. The van der Waals surface area contributed by atoms with Crippen LogP contribution in [-0.2, 0) is 16.6 Å². The maximum absolute atomic E-state index is 13.1. The normalized spacial score (nSPS) is 14.8. The number of amides is 1. The lowest BCUT2D eigenvalue weighted by molar-refractivity contribution is 0.102. The van der Waals surface area contributed by atoms with Crippen LogP contribution in [0.5, 0.6) is 0 Å². The minimum atomic E-state index is -3.68. The van der Waals surface area contributed by atoms with E-state index in [2.05, 4.69) is 33.8 Å². The third-order valence-corrected chi connectivity index (χ3v) is 8.02. The Balaban J connectivity index is 1.56. The summed E-state index contributed by atoms with van der Waals surface area (Å²) in [5.74, 6) is 0.0630. The quantitative estimate of drug-likeness (QED) is 0.457. The van der Waals surface area contributed by atoms with Gasteiger partial charge >= 0.3 is 0 Å². The Kier molecular flexibility index (Phi) is 7.65. The predicted octanol–water partition coefficient (Wildman–Crippen LogP) is 3.85. The third kappa shape index (κ3) is 5.48. The standard InChI is InChI=1S/C25H33N5O3S/c1-3-29(4-2)16-17-30-23-15-8-7-14-22(23)26-25(30)27-24(31)19-10-9-13-21(18-19)34(32,33)28-20-11-5-6-12-20/h7-10,13-15,18,20,28H,3-6,11-12,16-17H2,1-2H3,(H,26,27,31). The van der Waals surface area contributed by atoms with Crippen molar-refractivity contribution in [3.05, 3.63) is 54.1 Å². The molecule has 1 amide bonds. The van der Waals surface area contributed by atoms with Gasteiger partial charge in [0.15, 0.2) is 0 Å². The predicted molar refractivity (Wildman–Crippen MR) is 134 cm³/mol. The van der Waals surface area contributed by atoms with E-state index in [9.17, 15) is 13.2 Å². The number of anilines is 1. The molecule has 1 aliphatic carbocycles. The molecular weight excluding hydrogens is 450 g/mol. The van der Waals surface area contributed by atoms with Crippen LogP contribution < -0.4 is 10.0 Å². The molecule has 1 saturated carbocycles. The number of hydrogen-bond donors (Lipinski definition) is 2. The van der Waals surface area contributed by atoms with Gasteiger partial charge in [-0.2, -0.15) is 0 Å². The number of sulfonamides is 1. The lowest BCUT2D eigenvalue weighted by atomic mass is 10.2. The molecule has 4 rings (SSSR count). The van der Waals surface area contributed by atoms with E-state index < -0.39 is 15.9 Å². The number of nitrogens with one attached hydrogen (secondary N) is 2. The van der Waals surface area contributed by atoms with E-state index in [0.717, 1.165) is 56.4 Å². The average molecular weight is 484 g/mol. The smallest absolute Gasteiger partial charge is 0.258 e. The Morgan fingerprint density at radius 2 is 1.82 bits per heavy atom. The molecular formula is C25H33N5O3S. The summed E-state index contributed by atoms with van der Waals surface area (Å²) in [5.41, 5.74) is 2.02. The van der Waals surface area contributed by atoms with Crippen LogP contribution in [0, 0.1) is 0 Å². The van der Waals surface area contributed by atoms with E-state index in [-0.39, 0.29) is 16.5 Å². The third-order valence-electron chi connectivity index (χ3n) is 6.50. The van der Waals surface area contributed by atoms with Crippen molar-refractivity contribution in [3.63, 3.8) is 0 Å². The Hall–Kier alpha value is -2.75. The van der Waals surface area contributed by atoms with Gasteiger partial charge in [-0.05, 0) is 56.3 Å². The first-order valence-corrected chi connectivity index (χ1v) is 13.5. The molecule has 182 valence electrons. The van der Waals surface area contributed by atoms with Gasteiger partial charge in [0.1, 0.15) is 0 Å². The molecule has 0 spiro atoms. The molecule has 1 heterocycles. The van der Waals surface area contributed by atoms with Crippen LogP contribution in [0.1, 0.15) is 49.9 Å². The molecule has 8 nitrogen and oxygen atoms in total. The fourth-order valence-electron chi connectivity index (χ4n) is 4.49. The maximum Gasteiger partial charge on any atom is 0.258 e. The van der Waals surface area contributed by atoms with Crippen molar-refractivity contribution >= 4 is 32.9 Å². The van der Waals surface area contributed by atoms with Gasteiger partial charge in [-0.15, -0.1) is 0 Å². The Morgan fingerprint density at radius 3 is 2.56 bits per heavy atom. The number of para-hydroxylation sites is 2. The lowest BCUT2D eigenvalue weighted by Gasteiger charge is -2.19. The highest BCUT2D eigenvalue weighted by Gasteiger charge is 2.24. The van der Waals surface area contributed by atoms with Crippen LogP contribution in [0.25, 0.3) is 11.0 Å². The Morgan fingerprint density at radius 1 is 1.09 bits per heavy atom. The largest absolute Gasteiger partial charge is 0.309 e. The van der Waals surface area contributed by atoms with Gasteiger partial charge in [0.2, 0.25) is 16.0 Å². The average Bonchev–Trinajstić information content (AvgIpc) is 3.47. The van der Waals surface area contributed by atoms with E-state index >= 15 is 0 Å². The molecule has 1 fully saturated rings. The number of hydrogen-bond acceptors (Lipinski definition) is 5. The van der Waals surface area contributed by atoms with Gasteiger partial charge in [0.05, 0.1) is 15.9 Å². The number of likely N-dealkylation sites (N-methyl/N-ethyl adjacent to an activating group) is 1. The van der Waals surface area contributed by atoms with Crippen LogP contribution in [-0.4, -0.2) is 54.5 Å². The number of nitrogens with zero attached hydrogens (tertiary/aromatic N) is 3. The monoisotopic (exact) mass is 483 g/mol. The molecule has 0 radical (unpaired) electrons. The molecule has 0 atom stereocenters. The zero-order chi connectivity index (χ0) is 24.1. The highest BCUT2D eigenvalue weighted by atomic mass is 32.2. The van der Waals surface area contributed by atoms with Crippen LogP contribution in [0.2, 0.25) is 0 Å². The summed E-state index contributed by atoms with van der Waals surface area (Å²) >= 11 is 0. The molecule has 9 heteroatoms. The summed E-state index contributed by atoms with van der Waals surface area (Å²) in [6.45, 7) is 7.65. The van der Waals surface area contributed by atoms with E-state index in [1.54, 1.807) is 12.1 Å². The van der Waals surface area contributed by atoms with Crippen molar-refractivity contribution in [3.8, 4) is 0 Å². The van der Waals surface area contributed by atoms with Gasteiger partial charge in [0, 0.05) is 24.7 Å². The fourth-order valence-corrected chi connectivity index (χ4v) is 5.84. The first kappa shape index (κ1) is 24.4. The van der Waals surface area contributed by atoms with Crippen LogP contribution in [0.4, 0.5) is 5.95 Å². The second kappa shape index (κ2) is 10.7. The zero-order valence-electron chi connectivity index (χ0n) is 19.8. The highest BCUT2D eigenvalue weighted by Crippen LogP contribution is 2.22. The molecule has 0 aliphatic heterocycles. The number of imidazole rings is 1. The lowest BCUT2D eigenvalue weighted by Crippen LogP contribution is -2.32. The number of aromatic nitrogens is 2. The van der Waals surface area contributed by atoms with Gasteiger partial charge in [-0.1, -0.05) is 44.9 Å². The minimum Gasteiger partial charge on any atom is -0.309 e. The molecule has 2 aromatic carbocycles. The maximum atomic E-state index is 13.1. The van der Waals surface area contributed by atoms with E-state index in [1.807, 2.05) is 28.8 Å². The molecule has 0 bridgehead atoms. The summed E-state index contributed by atoms with van der Waals surface area (Å²) in [6, 6.07) is 13.9. The number of benzene rings is 2. The Labute approximate surface area is 201 Å². The van der Waals surface area contributed by atoms with Crippen LogP contribution in [0.3, 0.4) is 0 Å². The highest BCUT2D eigenvalue weighted by molar-refractivity contribution is 7.89. The van der Waals surface area contributed by atoms with Crippen LogP contribution in [0.15, 0.2) is 53.4 Å². The minimum absolute atomic E-state index is 0.0341. The molecule has 1 aromatic heterocycles. The fraction of sp³-hybridized carbons (Fsp3) is 0.440. The van der Waals surface area contributed by atoms with Crippen molar-refractivity contribution in [2.24, 2.45) is 0 Å². The SMILES string of the molecule is CCN(CC)CCn1c(NC(=O)c2cccc(S(=O)(=O)NC3CCCC3)c2)nc2ccccc21. The zero-order valence-corrected chi connectivity index (χ0v) is 20.6. The first-order valence-electron chi connectivity index (χ1n) is 12.0. The van der Waals surface area contributed by atoms with Crippen molar-refractivity contribution in [2.45, 2.75) is 57.0 Å². The number of fused-ring (bicyclic) bond motifs is 1. The summed E-state index contributed by atoms with van der Waals surface area (Å²) in [6.07, 6.45) is 3.77. The number of carbonyl (C=O) groups excluding carboxylic acids is 1. The number of carbonyl (C=O) groups is 1. The van der Waals surface area contributed by atoms with Gasteiger partial charge in [-0.25, -0.2) is 18.1 Å². The Bertz CT molecular complexity index is 1240. The van der Waals surface area contributed by atoms with Crippen molar-refractivity contribution in [2.75, 3.05) is 25.0 Å². The molecule has 0 saturated heterocycles. The molecule has 0 unspecified atom stereocenters. The second-order valence-corrected chi connectivity index (χ2v) is 10.4. The molecule has 3 aromatic rings. The topological polar surface area (TPSA) is 96.3 Å². The number of rotatable bonds is 10. The summed E-state index contributed by atoms with van der Waals surface area (Å²) in [5, 5.41) is 2.91. The van der Waals surface area contributed by atoms with Gasteiger partial charge in [-0.3, -0.25) is 10.1 Å². The van der Waals surface area contributed by atoms with Gasteiger partial charge in [0.25, 0.3) is 5.91 Å². The van der Waals surface area contributed by atoms with E-state index in [4.69, 9.17) is 0 Å². The second-order valence-electron chi connectivity index (χ2n) is 8.69. The first-order chi connectivity index (χ1) is 16.4. The molecule has 1 aliphatic rings. The molecule has 2 N–H and O–H groups in total. The summed E-state index contributed by atoms with van der Waals surface area (Å²) in [7, 11) is -3.68. The van der Waals surface area contributed by atoms with Crippen molar-refractivity contribution in [1.29, 1.82) is 0 Å².